The van der Waals surface area contributed by atoms with Crippen molar-refractivity contribution < 1.29 is 14.3 Å². The second-order valence-electron chi connectivity index (χ2n) is 3.16. The fraction of sp³-hybridized carbons (Fsp3) is 0.167. The highest BCUT2D eigenvalue weighted by Gasteiger charge is 2.14. The van der Waals surface area contributed by atoms with Gasteiger partial charge in [0.2, 0.25) is 0 Å². The summed E-state index contributed by atoms with van der Waals surface area (Å²) < 4.78 is 5.47. The van der Waals surface area contributed by atoms with E-state index in [0.717, 1.165) is 10.0 Å². The monoisotopic (exact) mass is 282 g/mol. The number of Topliss-reactive ketones (excluding diaryl/α,β-unsaturated/α-hetero) is 1. The van der Waals surface area contributed by atoms with Gasteiger partial charge in [0.1, 0.15) is 5.57 Å². The molecule has 1 aromatic carbocycles. The van der Waals surface area contributed by atoms with Crippen LogP contribution in [0.2, 0.25) is 0 Å². The highest BCUT2D eigenvalue weighted by molar-refractivity contribution is 9.10. The summed E-state index contributed by atoms with van der Waals surface area (Å²) in [6, 6.07) is 7.27. The van der Waals surface area contributed by atoms with E-state index in [9.17, 15) is 9.59 Å². The first-order valence-corrected chi connectivity index (χ1v) is 5.40. The highest BCUT2D eigenvalue weighted by atomic mass is 79.9. The Labute approximate surface area is 102 Å². The van der Waals surface area contributed by atoms with Gasteiger partial charge in [-0.3, -0.25) is 4.79 Å². The summed E-state index contributed by atoms with van der Waals surface area (Å²) in [7, 11) is 1.25. The molecule has 0 aliphatic rings. The molecule has 0 saturated heterocycles. The third-order valence-electron chi connectivity index (χ3n) is 1.97. The third-order valence-corrected chi connectivity index (χ3v) is 2.49. The van der Waals surface area contributed by atoms with Gasteiger partial charge in [-0.05, 0) is 30.7 Å². The van der Waals surface area contributed by atoms with Crippen molar-refractivity contribution in [2.45, 2.75) is 6.92 Å². The second-order valence-corrected chi connectivity index (χ2v) is 4.07. The molecule has 0 fully saturated rings. The molecular weight excluding hydrogens is 272 g/mol. The largest absolute Gasteiger partial charge is 0.465 e. The van der Waals surface area contributed by atoms with Gasteiger partial charge in [-0.25, -0.2) is 4.79 Å². The molecule has 0 bridgehead atoms. The topological polar surface area (TPSA) is 43.4 Å². The van der Waals surface area contributed by atoms with Crippen molar-refractivity contribution in [1.29, 1.82) is 0 Å². The van der Waals surface area contributed by atoms with Crippen LogP contribution in [0.3, 0.4) is 0 Å². The van der Waals surface area contributed by atoms with Crippen LogP contribution >= 0.6 is 15.9 Å². The van der Waals surface area contributed by atoms with Crippen molar-refractivity contribution in [3.8, 4) is 0 Å². The van der Waals surface area contributed by atoms with E-state index in [1.807, 2.05) is 12.1 Å². The number of halogens is 1. The molecule has 0 atom stereocenters. The average Bonchev–Trinajstić information content (AvgIpc) is 2.27. The van der Waals surface area contributed by atoms with Crippen LogP contribution in [0.5, 0.6) is 0 Å². The lowest BCUT2D eigenvalue weighted by atomic mass is 10.1. The molecule has 0 N–H and O–H groups in total. The van der Waals surface area contributed by atoms with Crippen LogP contribution in [0.25, 0.3) is 6.08 Å². The molecule has 0 radical (unpaired) electrons. The highest BCUT2D eigenvalue weighted by Crippen LogP contribution is 2.14. The van der Waals surface area contributed by atoms with E-state index in [0.29, 0.717) is 0 Å². The van der Waals surface area contributed by atoms with Crippen LogP contribution in [0.4, 0.5) is 0 Å². The van der Waals surface area contributed by atoms with Gasteiger partial charge in [0.05, 0.1) is 7.11 Å². The Morgan fingerprint density at radius 3 is 2.25 bits per heavy atom. The first-order chi connectivity index (χ1) is 7.54. The zero-order chi connectivity index (χ0) is 12.1. The summed E-state index contributed by atoms with van der Waals surface area (Å²) in [4.78, 5) is 22.5. The summed E-state index contributed by atoms with van der Waals surface area (Å²) >= 11 is 3.30. The Balaban J connectivity index is 3.07. The van der Waals surface area contributed by atoms with Crippen LogP contribution in [0, 0.1) is 0 Å². The molecule has 0 saturated carbocycles. The lowest BCUT2D eigenvalue weighted by Gasteiger charge is -2.01. The van der Waals surface area contributed by atoms with Gasteiger partial charge in [-0.2, -0.15) is 0 Å². The van der Waals surface area contributed by atoms with Crippen molar-refractivity contribution in [3.63, 3.8) is 0 Å². The average molecular weight is 283 g/mol. The normalized spacial score (nSPS) is 11.1. The van der Waals surface area contributed by atoms with Crippen LogP contribution in [-0.4, -0.2) is 18.9 Å². The second kappa shape index (κ2) is 5.61. The van der Waals surface area contributed by atoms with E-state index in [-0.39, 0.29) is 11.4 Å². The Hall–Kier alpha value is -1.42. The van der Waals surface area contributed by atoms with Crippen LogP contribution in [0.15, 0.2) is 34.3 Å². The molecule has 0 amide bonds. The van der Waals surface area contributed by atoms with Gasteiger partial charge >= 0.3 is 5.97 Å². The molecule has 0 heterocycles. The smallest absolute Gasteiger partial charge is 0.341 e. The van der Waals surface area contributed by atoms with E-state index < -0.39 is 5.97 Å². The SMILES string of the molecule is COC(=O)C(=Cc1ccc(Br)cc1)C(C)=O. The maximum Gasteiger partial charge on any atom is 0.341 e. The molecule has 1 aromatic rings. The fourth-order valence-corrected chi connectivity index (χ4v) is 1.40. The van der Waals surface area contributed by atoms with Gasteiger partial charge in [0.25, 0.3) is 0 Å². The first-order valence-electron chi connectivity index (χ1n) is 4.61. The van der Waals surface area contributed by atoms with Crippen LogP contribution in [0.1, 0.15) is 12.5 Å². The van der Waals surface area contributed by atoms with Gasteiger partial charge in [0, 0.05) is 4.47 Å². The van der Waals surface area contributed by atoms with Gasteiger partial charge in [0.15, 0.2) is 5.78 Å². The molecule has 0 aliphatic heterocycles. The van der Waals surface area contributed by atoms with E-state index in [1.54, 1.807) is 12.1 Å². The number of carbonyl (C=O) groups excluding carboxylic acids is 2. The van der Waals surface area contributed by atoms with E-state index in [1.165, 1.54) is 20.1 Å². The molecule has 0 aliphatic carbocycles. The number of esters is 1. The first kappa shape index (κ1) is 12.6. The summed E-state index contributed by atoms with van der Waals surface area (Å²) in [5.74, 6) is -0.926. The molecule has 3 nitrogen and oxygen atoms in total. The van der Waals surface area contributed by atoms with Crippen molar-refractivity contribution in [2.75, 3.05) is 7.11 Å². The number of benzene rings is 1. The Kier molecular flexibility index (Phi) is 4.43. The van der Waals surface area contributed by atoms with Crippen LogP contribution in [-0.2, 0) is 14.3 Å². The molecule has 0 aromatic heterocycles. The maximum atomic E-state index is 11.3. The minimum Gasteiger partial charge on any atom is -0.465 e. The van der Waals surface area contributed by atoms with E-state index >= 15 is 0 Å². The minimum absolute atomic E-state index is 0.0461. The van der Waals surface area contributed by atoms with Gasteiger partial charge in [-0.15, -0.1) is 0 Å². The Morgan fingerprint density at radius 1 is 1.25 bits per heavy atom. The van der Waals surface area contributed by atoms with Gasteiger partial charge < -0.3 is 4.74 Å². The standard InChI is InChI=1S/C12H11BrO3/c1-8(14)11(12(15)16-2)7-9-3-5-10(13)6-4-9/h3-7H,1-2H3. The lowest BCUT2D eigenvalue weighted by Crippen LogP contribution is -2.11. The molecule has 1 rings (SSSR count). The van der Waals surface area contributed by atoms with Gasteiger partial charge in [-0.1, -0.05) is 28.1 Å². The van der Waals surface area contributed by atoms with E-state index in [2.05, 4.69) is 20.7 Å². The van der Waals surface area contributed by atoms with Crippen molar-refractivity contribution in [2.24, 2.45) is 0 Å². The van der Waals surface area contributed by atoms with E-state index in [4.69, 9.17) is 0 Å². The molecule has 0 spiro atoms. The lowest BCUT2D eigenvalue weighted by molar-refractivity contribution is -0.137. The predicted molar refractivity (Wildman–Crippen MR) is 64.8 cm³/mol. The minimum atomic E-state index is -0.615. The fourth-order valence-electron chi connectivity index (χ4n) is 1.14. The Morgan fingerprint density at radius 2 is 1.81 bits per heavy atom. The summed E-state index contributed by atoms with van der Waals surface area (Å²) in [5, 5.41) is 0. The third kappa shape index (κ3) is 3.31. The number of hydrogen-bond acceptors (Lipinski definition) is 3. The van der Waals surface area contributed by atoms with Crippen LogP contribution < -0.4 is 0 Å². The summed E-state index contributed by atoms with van der Waals surface area (Å²) in [6.45, 7) is 1.33. The van der Waals surface area contributed by atoms with Crippen molar-refractivity contribution in [3.05, 3.63) is 39.9 Å². The quantitative estimate of drug-likeness (QED) is 0.370. The molecule has 84 valence electrons. The molecule has 16 heavy (non-hydrogen) atoms. The molecular formula is C12H11BrO3. The zero-order valence-electron chi connectivity index (χ0n) is 8.99. The Bertz CT molecular complexity index is 432. The summed E-state index contributed by atoms with van der Waals surface area (Å²) in [6.07, 6.45) is 1.51. The number of rotatable bonds is 3. The summed E-state index contributed by atoms with van der Waals surface area (Å²) in [5.41, 5.74) is 0.823. The number of ketones is 1. The predicted octanol–water partition coefficient (Wildman–Crippen LogP) is 2.59. The number of carbonyl (C=O) groups is 2. The molecule has 0 unspecified atom stereocenters. The number of ether oxygens (including phenoxy) is 1. The zero-order valence-corrected chi connectivity index (χ0v) is 10.6. The number of hydrogen-bond donors (Lipinski definition) is 0. The molecule has 4 heteroatoms. The van der Waals surface area contributed by atoms with Crippen molar-refractivity contribution >= 4 is 33.8 Å². The maximum absolute atomic E-state index is 11.3. The number of methoxy groups -OCH3 is 1. The van der Waals surface area contributed by atoms with Crippen molar-refractivity contribution in [1.82, 2.24) is 0 Å².